The number of halogens is 1. The number of hydrogen-bond acceptors (Lipinski definition) is 3. The molecule has 4 nitrogen and oxygen atoms in total. The fourth-order valence-corrected chi connectivity index (χ4v) is 3.11. The number of piperidine rings is 1. The molecule has 26 heavy (non-hydrogen) atoms. The number of amides is 1. The lowest BCUT2D eigenvalue weighted by atomic mass is 9.93. The van der Waals surface area contributed by atoms with E-state index < -0.39 is 0 Å². The highest BCUT2D eigenvalue weighted by Crippen LogP contribution is 2.29. The van der Waals surface area contributed by atoms with Gasteiger partial charge in [0, 0.05) is 6.42 Å². The predicted molar refractivity (Wildman–Crippen MR) is 108 cm³/mol. The zero-order valence-corrected chi connectivity index (χ0v) is 16.0. The fraction of sp³-hybridized carbons (Fsp3) is 0.381. The smallest absolute Gasteiger partial charge is 0.224 e. The Bertz CT molecular complexity index is 697. The second-order valence-corrected chi connectivity index (χ2v) is 6.69. The Morgan fingerprint density at radius 3 is 2.54 bits per heavy atom. The van der Waals surface area contributed by atoms with Crippen LogP contribution in [0.1, 0.15) is 31.2 Å². The van der Waals surface area contributed by atoms with Gasteiger partial charge in [0.2, 0.25) is 5.91 Å². The lowest BCUT2D eigenvalue weighted by Gasteiger charge is -2.22. The Morgan fingerprint density at radius 1 is 1.12 bits per heavy atom. The molecule has 1 aliphatic heterocycles. The van der Waals surface area contributed by atoms with Gasteiger partial charge >= 0.3 is 0 Å². The third-order valence-electron chi connectivity index (χ3n) is 4.65. The molecule has 2 aromatic rings. The summed E-state index contributed by atoms with van der Waals surface area (Å²) in [6, 6.07) is 15.5. The second-order valence-electron chi connectivity index (χ2n) is 6.69. The molecule has 0 unspecified atom stereocenters. The molecular weight excluding hydrogens is 348 g/mol. The molecule has 0 atom stereocenters. The summed E-state index contributed by atoms with van der Waals surface area (Å²) in [5, 5.41) is 6.36. The van der Waals surface area contributed by atoms with E-state index in [0.717, 1.165) is 30.9 Å². The van der Waals surface area contributed by atoms with Crippen LogP contribution >= 0.6 is 12.4 Å². The topological polar surface area (TPSA) is 50.4 Å². The maximum atomic E-state index is 12.3. The van der Waals surface area contributed by atoms with Crippen LogP contribution < -0.4 is 15.4 Å². The lowest BCUT2D eigenvalue weighted by Crippen LogP contribution is -2.28. The van der Waals surface area contributed by atoms with Crippen LogP contribution in [0.15, 0.2) is 48.5 Å². The van der Waals surface area contributed by atoms with Gasteiger partial charge in [-0.1, -0.05) is 29.8 Å². The quantitative estimate of drug-likeness (QED) is 0.753. The summed E-state index contributed by atoms with van der Waals surface area (Å²) in [4.78, 5) is 12.3. The molecule has 0 aliphatic carbocycles. The van der Waals surface area contributed by atoms with E-state index in [0.29, 0.717) is 18.1 Å². The summed E-state index contributed by atoms with van der Waals surface area (Å²) in [6.45, 7) is 4.18. The van der Waals surface area contributed by atoms with Crippen LogP contribution in [0, 0.1) is 12.8 Å². The third kappa shape index (κ3) is 6.04. The van der Waals surface area contributed by atoms with Crippen molar-refractivity contribution in [3.63, 3.8) is 0 Å². The van der Waals surface area contributed by atoms with Crippen molar-refractivity contribution in [2.24, 2.45) is 5.92 Å². The molecule has 0 bridgehead atoms. The molecule has 1 amide bonds. The number of ether oxygens (including phenoxy) is 1. The van der Waals surface area contributed by atoms with Crippen LogP contribution in [0.4, 0.5) is 5.69 Å². The minimum atomic E-state index is 0. The van der Waals surface area contributed by atoms with Crippen molar-refractivity contribution in [1.29, 1.82) is 0 Å². The summed E-state index contributed by atoms with van der Waals surface area (Å²) in [5.41, 5.74) is 1.91. The van der Waals surface area contributed by atoms with Crippen LogP contribution in [0.5, 0.6) is 11.5 Å². The van der Waals surface area contributed by atoms with Crippen molar-refractivity contribution in [1.82, 2.24) is 5.32 Å². The Kier molecular flexibility index (Phi) is 7.95. The normalized spacial score (nSPS) is 14.3. The number of carbonyl (C=O) groups is 1. The molecule has 1 aliphatic rings. The van der Waals surface area contributed by atoms with E-state index in [1.807, 2.05) is 55.5 Å². The highest BCUT2D eigenvalue weighted by molar-refractivity contribution is 5.92. The predicted octanol–water partition coefficient (Wildman–Crippen LogP) is 4.93. The summed E-state index contributed by atoms with van der Waals surface area (Å²) in [7, 11) is 0. The molecule has 3 rings (SSSR count). The number of rotatable bonds is 6. The van der Waals surface area contributed by atoms with E-state index in [1.54, 1.807) is 0 Å². The number of carbonyl (C=O) groups excluding carboxylic acids is 1. The highest BCUT2D eigenvalue weighted by atomic mass is 35.5. The first-order chi connectivity index (χ1) is 12.2. The third-order valence-corrected chi connectivity index (χ3v) is 4.65. The molecule has 0 spiro atoms. The zero-order valence-electron chi connectivity index (χ0n) is 15.2. The van der Waals surface area contributed by atoms with Crippen molar-refractivity contribution in [3.8, 4) is 11.5 Å². The summed E-state index contributed by atoms with van der Waals surface area (Å²) in [6.07, 6.45) is 3.85. The van der Waals surface area contributed by atoms with E-state index in [4.69, 9.17) is 4.74 Å². The number of aryl methyl sites for hydroxylation is 1. The molecule has 1 fully saturated rings. The summed E-state index contributed by atoms with van der Waals surface area (Å²) < 4.78 is 5.94. The minimum absolute atomic E-state index is 0. The van der Waals surface area contributed by atoms with E-state index in [2.05, 4.69) is 10.6 Å². The van der Waals surface area contributed by atoms with Gasteiger partial charge in [-0.3, -0.25) is 4.79 Å². The Labute approximate surface area is 161 Å². The van der Waals surface area contributed by atoms with Gasteiger partial charge < -0.3 is 15.4 Å². The van der Waals surface area contributed by atoms with Crippen molar-refractivity contribution in [2.75, 3.05) is 18.4 Å². The van der Waals surface area contributed by atoms with Gasteiger partial charge in [-0.05, 0) is 69.5 Å². The molecule has 0 saturated carbocycles. The number of nitrogens with one attached hydrogen (secondary N) is 2. The van der Waals surface area contributed by atoms with Gasteiger partial charge in [0.15, 0.2) is 5.75 Å². The fourth-order valence-electron chi connectivity index (χ4n) is 3.11. The number of benzene rings is 2. The second kappa shape index (κ2) is 10.2. The Balaban J connectivity index is 0.00000243. The van der Waals surface area contributed by atoms with Crippen LogP contribution in [-0.2, 0) is 4.79 Å². The van der Waals surface area contributed by atoms with E-state index in [1.165, 1.54) is 18.4 Å². The van der Waals surface area contributed by atoms with Gasteiger partial charge in [0.25, 0.3) is 0 Å². The zero-order chi connectivity index (χ0) is 17.5. The molecule has 1 saturated heterocycles. The average molecular weight is 375 g/mol. The molecule has 1 heterocycles. The van der Waals surface area contributed by atoms with Crippen molar-refractivity contribution in [3.05, 3.63) is 54.1 Å². The van der Waals surface area contributed by atoms with Crippen LogP contribution in [0.3, 0.4) is 0 Å². The van der Waals surface area contributed by atoms with Gasteiger partial charge in [-0.2, -0.15) is 0 Å². The molecule has 0 aromatic heterocycles. The summed E-state index contributed by atoms with van der Waals surface area (Å²) in [5.74, 6) is 2.15. The van der Waals surface area contributed by atoms with Gasteiger partial charge in [0.1, 0.15) is 5.75 Å². The number of hydrogen-bond donors (Lipinski definition) is 2. The minimum Gasteiger partial charge on any atom is -0.455 e. The lowest BCUT2D eigenvalue weighted by molar-refractivity contribution is -0.116. The first-order valence-electron chi connectivity index (χ1n) is 9.05. The molecule has 2 N–H and O–H groups in total. The van der Waals surface area contributed by atoms with Crippen LogP contribution in [0.2, 0.25) is 0 Å². The molecular formula is C21H27ClN2O2. The molecule has 2 aromatic carbocycles. The number of para-hydroxylation sites is 2. The first-order valence-corrected chi connectivity index (χ1v) is 9.05. The van der Waals surface area contributed by atoms with Gasteiger partial charge in [-0.15, -0.1) is 12.4 Å². The maximum absolute atomic E-state index is 12.3. The average Bonchev–Trinajstić information content (AvgIpc) is 2.64. The maximum Gasteiger partial charge on any atom is 0.224 e. The van der Waals surface area contributed by atoms with E-state index >= 15 is 0 Å². The molecule has 5 heteroatoms. The van der Waals surface area contributed by atoms with Crippen LogP contribution in [-0.4, -0.2) is 19.0 Å². The van der Waals surface area contributed by atoms with Crippen LogP contribution in [0.25, 0.3) is 0 Å². The molecule has 0 radical (unpaired) electrons. The van der Waals surface area contributed by atoms with Crippen molar-refractivity contribution >= 4 is 24.0 Å². The Hall–Kier alpha value is -2.04. The van der Waals surface area contributed by atoms with Gasteiger partial charge in [-0.25, -0.2) is 0 Å². The standard InChI is InChI=1S/C21H26N2O2.ClH/c1-16-6-9-18(10-7-16)25-20-5-3-2-4-19(20)23-21(24)11-8-17-12-14-22-15-13-17;/h2-7,9-10,17,22H,8,11-15H2,1H3,(H,23,24);1H. The number of anilines is 1. The SMILES string of the molecule is Cc1ccc(Oc2ccccc2NC(=O)CCC2CCNCC2)cc1.Cl. The first kappa shape index (κ1) is 20.3. The highest BCUT2D eigenvalue weighted by Gasteiger charge is 2.15. The van der Waals surface area contributed by atoms with Gasteiger partial charge in [0.05, 0.1) is 5.69 Å². The van der Waals surface area contributed by atoms with E-state index in [9.17, 15) is 4.79 Å². The Morgan fingerprint density at radius 2 is 1.81 bits per heavy atom. The van der Waals surface area contributed by atoms with Crippen molar-refractivity contribution in [2.45, 2.75) is 32.6 Å². The summed E-state index contributed by atoms with van der Waals surface area (Å²) >= 11 is 0. The van der Waals surface area contributed by atoms with E-state index in [-0.39, 0.29) is 18.3 Å². The van der Waals surface area contributed by atoms with Crippen molar-refractivity contribution < 1.29 is 9.53 Å². The molecule has 140 valence electrons. The monoisotopic (exact) mass is 374 g/mol. The largest absolute Gasteiger partial charge is 0.455 e.